The number of benzene rings is 1. The van der Waals surface area contributed by atoms with Crippen molar-refractivity contribution >= 4 is 17.6 Å². The molecule has 1 unspecified atom stereocenters. The van der Waals surface area contributed by atoms with E-state index in [4.69, 9.17) is 16.7 Å². The maximum atomic E-state index is 12.0. The molecule has 20 heavy (non-hydrogen) atoms. The van der Waals surface area contributed by atoms with Crippen molar-refractivity contribution in [1.82, 2.24) is 10.6 Å². The van der Waals surface area contributed by atoms with Gasteiger partial charge in [-0.15, -0.1) is 0 Å². The van der Waals surface area contributed by atoms with Crippen LogP contribution in [-0.2, 0) is 0 Å². The van der Waals surface area contributed by atoms with Crippen molar-refractivity contribution in [3.05, 3.63) is 34.9 Å². The molecule has 1 saturated carbocycles. The van der Waals surface area contributed by atoms with Crippen LogP contribution >= 0.6 is 11.6 Å². The molecular weight excluding hydrogens is 276 g/mol. The molecule has 0 heterocycles. The van der Waals surface area contributed by atoms with E-state index < -0.39 is 0 Å². The van der Waals surface area contributed by atoms with Gasteiger partial charge in [-0.3, -0.25) is 0 Å². The van der Waals surface area contributed by atoms with Crippen LogP contribution in [0.4, 0.5) is 4.79 Å². The topological polar surface area (TPSA) is 61.4 Å². The molecule has 0 radical (unpaired) electrons. The molecule has 1 aromatic carbocycles. The maximum Gasteiger partial charge on any atom is 0.315 e. The number of nitrogens with one attached hydrogen (secondary N) is 2. The van der Waals surface area contributed by atoms with Gasteiger partial charge in [-0.2, -0.15) is 0 Å². The lowest BCUT2D eigenvalue weighted by Gasteiger charge is -2.21. The molecule has 0 saturated heterocycles. The summed E-state index contributed by atoms with van der Waals surface area (Å²) in [7, 11) is 0. The molecular formula is C15H21ClN2O2. The fourth-order valence-electron chi connectivity index (χ4n) is 2.25. The number of aliphatic hydroxyl groups excluding tert-OH is 1. The van der Waals surface area contributed by atoms with Crippen molar-refractivity contribution in [2.75, 3.05) is 6.61 Å². The standard InChI is InChI=1S/C15H21ClN2O2/c1-10(8-9-19)17-15(20)18-14(11-2-3-11)12-4-6-13(16)7-5-12/h4-7,10-11,14,19H,2-3,8-9H2,1H3,(H2,17,18,20)/t10-,14?/m1/s1. The smallest absolute Gasteiger partial charge is 0.315 e. The zero-order valence-electron chi connectivity index (χ0n) is 11.6. The number of carbonyl (C=O) groups is 1. The van der Waals surface area contributed by atoms with Crippen LogP contribution in [0.25, 0.3) is 0 Å². The van der Waals surface area contributed by atoms with Gasteiger partial charge in [-0.25, -0.2) is 4.79 Å². The monoisotopic (exact) mass is 296 g/mol. The Bertz CT molecular complexity index is 446. The van der Waals surface area contributed by atoms with Gasteiger partial charge in [0.1, 0.15) is 0 Å². The molecule has 3 N–H and O–H groups in total. The molecule has 0 aromatic heterocycles. The lowest BCUT2D eigenvalue weighted by molar-refractivity contribution is 0.226. The van der Waals surface area contributed by atoms with Crippen LogP contribution in [0.15, 0.2) is 24.3 Å². The summed E-state index contributed by atoms with van der Waals surface area (Å²) in [6.07, 6.45) is 2.84. The van der Waals surface area contributed by atoms with Gasteiger partial charge in [0.15, 0.2) is 0 Å². The Kier molecular flexibility index (Phi) is 5.26. The number of carbonyl (C=O) groups excluding carboxylic acids is 1. The molecule has 0 spiro atoms. The summed E-state index contributed by atoms with van der Waals surface area (Å²) in [6.45, 7) is 1.95. The lowest BCUT2D eigenvalue weighted by atomic mass is 10.0. The zero-order valence-corrected chi connectivity index (χ0v) is 12.4. The molecule has 2 amide bonds. The minimum atomic E-state index is -0.183. The molecule has 110 valence electrons. The van der Waals surface area contributed by atoms with E-state index in [1.807, 2.05) is 31.2 Å². The van der Waals surface area contributed by atoms with Crippen LogP contribution in [0.5, 0.6) is 0 Å². The van der Waals surface area contributed by atoms with Gasteiger partial charge < -0.3 is 15.7 Å². The Labute approximate surface area is 124 Å². The molecule has 1 aliphatic carbocycles. The second-order valence-corrected chi connectivity index (χ2v) is 5.83. The molecule has 0 bridgehead atoms. The first kappa shape index (κ1) is 15.1. The van der Waals surface area contributed by atoms with Gasteiger partial charge in [-0.05, 0) is 49.8 Å². The number of hydrogen-bond donors (Lipinski definition) is 3. The second kappa shape index (κ2) is 6.95. The van der Waals surface area contributed by atoms with Crippen LogP contribution in [-0.4, -0.2) is 23.8 Å². The molecule has 4 nitrogen and oxygen atoms in total. The van der Waals surface area contributed by atoms with E-state index in [0.717, 1.165) is 18.4 Å². The highest BCUT2D eigenvalue weighted by molar-refractivity contribution is 6.30. The predicted octanol–water partition coefficient (Wildman–Crippen LogP) is 2.86. The van der Waals surface area contributed by atoms with Crippen LogP contribution in [0.1, 0.15) is 37.8 Å². The van der Waals surface area contributed by atoms with Crippen molar-refractivity contribution in [1.29, 1.82) is 0 Å². The largest absolute Gasteiger partial charge is 0.396 e. The summed E-state index contributed by atoms with van der Waals surface area (Å²) < 4.78 is 0. The van der Waals surface area contributed by atoms with E-state index in [1.54, 1.807) is 0 Å². The normalized spacial score (nSPS) is 17.4. The summed E-state index contributed by atoms with van der Waals surface area (Å²) in [5.74, 6) is 0.509. The number of hydrogen-bond acceptors (Lipinski definition) is 2. The van der Waals surface area contributed by atoms with E-state index in [-0.39, 0.29) is 24.7 Å². The van der Waals surface area contributed by atoms with E-state index in [0.29, 0.717) is 17.4 Å². The van der Waals surface area contributed by atoms with Crippen LogP contribution in [0.2, 0.25) is 5.02 Å². The Morgan fingerprint density at radius 1 is 1.35 bits per heavy atom. The number of rotatable bonds is 6. The lowest BCUT2D eigenvalue weighted by Crippen LogP contribution is -2.43. The van der Waals surface area contributed by atoms with Crippen LogP contribution in [0.3, 0.4) is 0 Å². The Balaban J connectivity index is 1.96. The first-order chi connectivity index (χ1) is 9.60. The number of aliphatic hydroxyl groups is 1. The minimum absolute atomic E-state index is 0.0357. The minimum Gasteiger partial charge on any atom is -0.396 e. The van der Waals surface area contributed by atoms with E-state index in [9.17, 15) is 4.79 Å². The second-order valence-electron chi connectivity index (χ2n) is 5.40. The number of urea groups is 1. The van der Waals surface area contributed by atoms with Crippen molar-refractivity contribution in [2.24, 2.45) is 5.92 Å². The third-order valence-corrected chi connectivity index (χ3v) is 3.80. The highest BCUT2D eigenvalue weighted by atomic mass is 35.5. The first-order valence-electron chi connectivity index (χ1n) is 7.03. The Hall–Kier alpha value is -1.26. The first-order valence-corrected chi connectivity index (χ1v) is 7.41. The number of halogens is 1. The molecule has 2 rings (SSSR count). The average Bonchev–Trinajstić information content (AvgIpc) is 3.21. The van der Waals surface area contributed by atoms with Gasteiger partial charge in [0.25, 0.3) is 0 Å². The van der Waals surface area contributed by atoms with E-state index >= 15 is 0 Å². The maximum absolute atomic E-state index is 12.0. The summed E-state index contributed by atoms with van der Waals surface area (Å²) in [5, 5.41) is 15.4. The van der Waals surface area contributed by atoms with Gasteiger partial charge in [0.2, 0.25) is 0 Å². The predicted molar refractivity (Wildman–Crippen MR) is 79.7 cm³/mol. The fourth-order valence-corrected chi connectivity index (χ4v) is 2.37. The summed E-state index contributed by atoms with van der Waals surface area (Å²) >= 11 is 5.90. The quantitative estimate of drug-likeness (QED) is 0.756. The van der Waals surface area contributed by atoms with Gasteiger partial charge in [-0.1, -0.05) is 23.7 Å². The summed E-state index contributed by atoms with van der Waals surface area (Å²) in [4.78, 5) is 12.0. The van der Waals surface area contributed by atoms with E-state index in [2.05, 4.69) is 10.6 Å². The molecule has 1 aliphatic rings. The van der Waals surface area contributed by atoms with Crippen LogP contribution < -0.4 is 10.6 Å². The highest BCUT2D eigenvalue weighted by Crippen LogP contribution is 2.41. The van der Waals surface area contributed by atoms with Crippen molar-refractivity contribution in [3.63, 3.8) is 0 Å². The molecule has 2 atom stereocenters. The van der Waals surface area contributed by atoms with Gasteiger partial charge in [0.05, 0.1) is 6.04 Å². The van der Waals surface area contributed by atoms with Gasteiger partial charge in [0, 0.05) is 17.7 Å². The van der Waals surface area contributed by atoms with Crippen molar-refractivity contribution in [2.45, 2.75) is 38.3 Å². The molecule has 0 aliphatic heterocycles. The molecule has 1 aromatic rings. The Morgan fingerprint density at radius 3 is 2.55 bits per heavy atom. The summed E-state index contributed by atoms with van der Waals surface area (Å²) in [5.41, 5.74) is 1.09. The average molecular weight is 297 g/mol. The summed E-state index contributed by atoms with van der Waals surface area (Å²) in [6, 6.07) is 7.43. The SMILES string of the molecule is C[C@H](CCO)NC(=O)NC(c1ccc(Cl)cc1)C1CC1. The molecule has 1 fully saturated rings. The third kappa shape index (κ3) is 4.39. The molecule has 5 heteroatoms. The van der Waals surface area contributed by atoms with Gasteiger partial charge >= 0.3 is 6.03 Å². The number of amides is 2. The Morgan fingerprint density at radius 2 is 2.00 bits per heavy atom. The van der Waals surface area contributed by atoms with Crippen molar-refractivity contribution < 1.29 is 9.90 Å². The fraction of sp³-hybridized carbons (Fsp3) is 0.533. The van der Waals surface area contributed by atoms with E-state index in [1.165, 1.54) is 0 Å². The zero-order chi connectivity index (χ0) is 14.5. The highest BCUT2D eigenvalue weighted by Gasteiger charge is 2.33. The van der Waals surface area contributed by atoms with Crippen LogP contribution in [0, 0.1) is 5.92 Å². The van der Waals surface area contributed by atoms with Crippen molar-refractivity contribution in [3.8, 4) is 0 Å². The third-order valence-electron chi connectivity index (χ3n) is 3.55.